The molecule has 1 heterocycles. The lowest BCUT2D eigenvalue weighted by atomic mass is 10.2. The molecule has 1 aromatic rings. The zero-order valence-electron chi connectivity index (χ0n) is 9.09. The Morgan fingerprint density at radius 3 is 2.59 bits per heavy atom. The first-order valence-electron chi connectivity index (χ1n) is 4.81. The first-order valence-corrected chi connectivity index (χ1v) is 4.81. The fourth-order valence-corrected chi connectivity index (χ4v) is 1.10. The van der Waals surface area contributed by atoms with Crippen molar-refractivity contribution in [2.75, 3.05) is 6.61 Å². The molecule has 0 saturated heterocycles. The molecule has 0 unspecified atom stereocenters. The molecule has 0 atom stereocenters. The normalized spacial score (nSPS) is 11.9. The van der Waals surface area contributed by atoms with Gasteiger partial charge in [-0.3, -0.25) is 4.98 Å². The van der Waals surface area contributed by atoms with Crippen molar-refractivity contribution in [1.29, 1.82) is 0 Å². The van der Waals surface area contributed by atoms with E-state index in [1.54, 1.807) is 13.0 Å². The third-order valence-electron chi connectivity index (χ3n) is 2.07. The highest BCUT2D eigenvalue weighted by Crippen LogP contribution is 2.25. The Bertz CT molecular complexity index is 385. The van der Waals surface area contributed by atoms with Crippen molar-refractivity contribution in [3.05, 3.63) is 23.5 Å². The van der Waals surface area contributed by atoms with Crippen molar-refractivity contribution >= 4 is 0 Å². The van der Waals surface area contributed by atoms with E-state index in [2.05, 4.69) is 9.72 Å². The van der Waals surface area contributed by atoms with Crippen LogP contribution in [0.1, 0.15) is 11.3 Å². The van der Waals surface area contributed by atoms with Crippen LogP contribution in [0.25, 0.3) is 0 Å². The average Bonchev–Trinajstić information content (AvgIpc) is 2.27. The van der Waals surface area contributed by atoms with Gasteiger partial charge in [0.25, 0.3) is 0 Å². The summed E-state index contributed by atoms with van der Waals surface area (Å²) in [5.41, 5.74) is 6.41. The molecule has 7 heteroatoms. The molecule has 1 rings (SSSR count). The van der Waals surface area contributed by atoms with Gasteiger partial charge in [-0.2, -0.15) is 8.78 Å². The molecule has 0 saturated carbocycles. The number of nitrogens with two attached hydrogens (primary N) is 1. The summed E-state index contributed by atoms with van der Waals surface area (Å²) in [7, 11) is 0. The Kier molecular flexibility index (Phi) is 4.28. The van der Waals surface area contributed by atoms with Gasteiger partial charge in [-0.25, -0.2) is 8.78 Å². The van der Waals surface area contributed by atoms with E-state index in [-0.39, 0.29) is 12.3 Å². The largest absolute Gasteiger partial charge is 0.485 e. The zero-order chi connectivity index (χ0) is 13.1. The van der Waals surface area contributed by atoms with Crippen LogP contribution in [0.3, 0.4) is 0 Å². The van der Waals surface area contributed by atoms with Gasteiger partial charge in [0.1, 0.15) is 5.75 Å². The van der Waals surface area contributed by atoms with Gasteiger partial charge in [-0.1, -0.05) is 0 Å². The van der Waals surface area contributed by atoms with Crippen LogP contribution in [0.2, 0.25) is 0 Å². The molecule has 0 spiro atoms. The van der Waals surface area contributed by atoms with Crippen LogP contribution in [0.5, 0.6) is 5.75 Å². The molecule has 0 aliphatic rings. The number of hydrogen-bond acceptors (Lipinski definition) is 3. The maximum atomic E-state index is 12.6. The molecule has 0 amide bonds. The van der Waals surface area contributed by atoms with Crippen LogP contribution in [0.4, 0.5) is 17.6 Å². The van der Waals surface area contributed by atoms with E-state index in [4.69, 9.17) is 5.73 Å². The average molecular weight is 252 g/mol. The van der Waals surface area contributed by atoms with E-state index in [9.17, 15) is 17.6 Å². The van der Waals surface area contributed by atoms with Crippen molar-refractivity contribution < 1.29 is 22.3 Å². The summed E-state index contributed by atoms with van der Waals surface area (Å²) < 4.78 is 53.6. The third kappa shape index (κ3) is 3.55. The Labute approximate surface area is 95.6 Å². The van der Waals surface area contributed by atoms with E-state index < -0.39 is 19.0 Å². The van der Waals surface area contributed by atoms with Crippen LogP contribution in [0.15, 0.2) is 12.3 Å². The fraction of sp³-hybridized carbons (Fsp3) is 0.500. The smallest absolute Gasteiger partial charge is 0.340 e. The molecule has 96 valence electrons. The molecule has 0 fully saturated rings. The van der Waals surface area contributed by atoms with Crippen LogP contribution in [-0.4, -0.2) is 23.9 Å². The number of aromatic nitrogens is 1. The van der Waals surface area contributed by atoms with Gasteiger partial charge < -0.3 is 10.5 Å². The number of ether oxygens (including phenoxy) is 1. The first kappa shape index (κ1) is 13.7. The van der Waals surface area contributed by atoms with Crippen molar-refractivity contribution in [2.24, 2.45) is 5.73 Å². The molecular weight excluding hydrogens is 240 g/mol. The summed E-state index contributed by atoms with van der Waals surface area (Å²) in [6.45, 7) is 0.417. The predicted molar refractivity (Wildman–Crippen MR) is 53.3 cm³/mol. The predicted octanol–water partition coefficient (Wildman–Crippen LogP) is 2.13. The molecule has 17 heavy (non-hydrogen) atoms. The minimum atomic E-state index is -4.17. The molecule has 0 aliphatic heterocycles. The van der Waals surface area contributed by atoms with Crippen LogP contribution in [-0.2, 0) is 6.54 Å². The minimum absolute atomic E-state index is 0.0440. The van der Waals surface area contributed by atoms with Gasteiger partial charge in [-0.05, 0) is 18.6 Å². The fourth-order valence-electron chi connectivity index (χ4n) is 1.10. The lowest BCUT2D eigenvalue weighted by Gasteiger charge is -2.16. The van der Waals surface area contributed by atoms with E-state index in [0.29, 0.717) is 11.3 Å². The van der Waals surface area contributed by atoms with Gasteiger partial charge in [0, 0.05) is 6.54 Å². The van der Waals surface area contributed by atoms with Gasteiger partial charge in [0.2, 0.25) is 0 Å². The molecule has 0 aliphatic carbocycles. The highest BCUT2D eigenvalue weighted by atomic mass is 19.3. The zero-order valence-corrected chi connectivity index (χ0v) is 9.09. The van der Waals surface area contributed by atoms with E-state index in [0.717, 1.165) is 0 Å². The standard InChI is InChI=1S/C10H12F4N2O/c1-6-2-7(3-15)16-4-8(6)17-5-10(13,14)9(11)12/h2,4,9H,3,5,15H2,1H3. The van der Waals surface area contributed by atoms with Crippen LogP contribution in [0, 0.1) is 6.92 Å². The van der Waals surface area contributed by atoms with Gasteiger partial charge in [0.05, 0.1) is 11.9 Å². The molecule has 2 N–H and O–H groups in total. The number of aryl methyl sites for hydroxylation is 1. The second-order valence-electron chi connectivity index (χ2n) is 3.50. The summed E-state index contributed by atoms with van der Waals surface area (Å²) in [6.07, 6.45) is -2.56. The van der Waals surface area contributed by atoms with E-state index in [1.807, 2.05) is 0 Å². The first-order chi connectivity index (χ1) is 7.86. The highest BCUT2D eigenvalue weighted by molar-refractivity contribution is 5.31. The topological polar surface area (TPSA) is 48.1 Å². The maximum Gasteiger partial charge on any atom is 0.340 e. The lowest BCUT2D eigenvalue weighted by Crippen LogP contribution is -2.33. The highest BCUT2D eigenvalue weighted by Gasteiger charge is 2.41. The molecule has 1 aromatic heterocycles. The number of rotatable bonds is 5. The molecular formula is C10H12F4N2O. The van der Waals surface area contributed by atoms with Gasteiger partial charge in [-0.15, -0.1) is 0 Å². The van der Waals surface area contributed by atoms with E-state index in [1.165, 1.54) is 6.20 Å². The van der Waals surface area contributed by atoms with Crippen LogP contribution >= 0.6 is 0 Å². The SMILES string of the molecule is Cc1cc(CN)ncc1OCC(F)(F)C(F)F. The summed E-state index contributed by atoms with van der Waals surface area (Å²) in [6, 6.07) is 1.55. The molecule has 0 bridgehead atoms. The number of halogens is 4. The summed E-state index contributed by atoms with van der Waals surface area (Å²) in [5, 5.41) is 0. The number of pyridine rings is 1. The minimum Gasteiger partial charge on any atom is -0.485 e. The number of hydrogen-bond donors (Lipinski definition) is 1. The van der Waals surface area contributed by atoms with E-state index >= 15 is 0 Å². The van der Waals surface area contributed by atoms with Crippen molar-refractivity contribution in [3.8, 4) is 5.75 Å². The van der Waals surface area contributed by atoms with Gasteiger partial charge >= 0.3 is 12.3 Å². The summed E-state index contributed by atoms with van der Waals surface area (Å²) in [4.78, 5) is 3.82. The summed E-state index contributed by atoms with van der Waals surface area (Å²) >= 11 is 0. The number of nitrogens with zero attached hydrogens (tertiary/aromatic N) is 1. The van der Waals surface area contributed by atoms with Crippen molar-refractivity contribution in [2.45, 2.75) is 25.8 Å². The second-order valence-corrected chi connectivity index (χ2v) is 3.50. The van der Waals surface area contributed by atoms with Crippen molar-refractivity contribution in [1.82, 2.24) is 4.98 Å². The lowest BCUT2D eigenvalue weighted by molar-refractivity contribution is -0.148. The molecule has 0 aromatic carbocycles. The summed E-state index contributed by atoms with van der Waals surface area (Å²) in [5.74, 6) is -4.12. The third-order valence-corrected chi connectivity index (χ3v) is 2.07. The Balaban J connectivity index is 2.70. The second kappa shape index (κ2) is 5.31. The monoisotopic (exact) mass is 252 g/mol. The quantitative estimate of drug-likeness (QED) is 0.816. The molecule has 3 nitrogen and oxygen atoms in total. The number of alkyl halides is 4. The Morgan fingerprint density at radius 2 is 2.12 bits per heavy atom. The molecule has 0 radical (unpaired) electrons. The Morgan fingerprint density at radius 1 is 1.47 bits per heavy atom. The maximum absolute atomic E-state index is 12.6. The van der Waals surface area contributed by atoms with Crippen molar-refractivity contribution in [3.63, 3.8) is 0 Å². The Hall–Kier alpha value is -1.37. The van der Waals surface area contributed by atoms with Gasteiger partial charge in [0.15, 0.2) is 6.61 Å². The van der Waals surface area contributed by atoms with Crippen LogP contribution < -0.4 is 10.5 Å².